The molecule has 5 heteroatoms. The molecule has 0 heterocycles. The van der Waals surface area contributed by atoms with Gasteiger partial charge in [-0.1, -0.05) is 30.3 Å². The summed E-state index contributed by atoms with van der Waals surface area (Å²) in [6.07, 6.45) is 0. The van der Waals surface area contributed by atoms with Crippen LogP contribution in [0.4, 0.5) is 0 Å². The van der Waals surface area contributed by atoms with E-state index in [-0.39, 0.29) is 5.90 Å². The van der Waals surface area contributed by atoms with Crippen molar-refractivity contribution in [2.75, 3.05) is 0 Å². The monoisotopic (exact) mass is 291 g/mol. The van der Waals surface area contributed by atoms with Gasteiger partial charge in [-0.3, -0.25) is 0 Å². The highest BCUT2D eigenvalue weighted by Gasteiger charge is 2.14. The van der Waals surface area contributed by atoms with Crippen molar-refractivity contribution in [2.45, 2.75) is 46.4 Å². The van der Waals surface area contributed by atoms with Gasteiger partial charge >= 0.3 is 5.90 Å². The molecule has 0 aliphatic heterocycles. The first-order valence-corrected chi connectivity index (χ1v) is 7.38. The van der Waals surface area contributed by atoms with Crippen molar-refractivity contribution in [1.82, 2.24) is 4.31 Å². The molecule has 0 spiro atoms. The van der Waals surface area contributed by atoms with E-state index < -0.39 is 0 Å². The molecule has 0 unspecified atom stereocenters. The van der Waals surface area contributed by atoms with Gasteiger partial charge < -0.3 is 4.74 Å². The van der Waals surface area contributed by atoms with Crippen molar-refractivity contribution >= 4 is 18.0 Å². The Morgan fingerprint density at radius 2 is 1.85 bits per heavy atom. The Balaban J connectivity index is 2.57. The van der Waals surface area contributed by atoms with Gasteiger partial charge in [0, 0.05) is 12.1 Å². The minimum atomic E-state index is 0.102. The van der Waals surface area contributed by atoms with Crippen LogP contribution in [0, 0.1) is 11.3 Å². The molecule has 1 rings (SSSR count). The summed E-state index contributed by atoms with van der Waals surface area (Å²) >= 11 is 1.28. The maximum absolute atomic E-state index is 9.06. The highest BCUT2D eigenvalue weighted by Crippen LogP contribution is 2.19. The summed E-state index contributed by atoms with van der Waals surface area (Å²) in [5.41, 5.74) is 1.02. The van der Waals surface area contributed by atoms with E-state index in [0.717, 1.165) is 5.56 Å². The molecule has 4 nitrogen and oxygen atoms in total. The summed E-state index contributed by atoms with van der Waals surface area (Å²) in [4.78, 5) is 0. The zero-order valence-electron chi connectivity index (χ0n) is 12.4. The molecular weight excluding hydrogens is 270 g/mol. The Labute approximate surface area is 125 Å². The SMILES string of the molecule is CC(C)N(S/N=C(\C#N)OCc1ccccc1)C(C)C. The Kier molecular flexibility index (Phi) is 7.13. The van der Waals surface area contributed by atoms with E-state index in [2.05, 4.69) is 36.4 Å². The minimum absolute atomic E-state index is 0.102. The van der Waals surface area contributed by atoms with Crippen LogP contribution in [0.25, 0.3) is 0 Å². The van der Waals surface area contributed by atoms with E-state index in [4.69, 9.17) is 10.00 Å². The molecule has 1 aromatic carbocycles. The van der Waals surface area contributed by atoms with Crippen molar-refractivity contribution in [3.8, 4) is 6.07 Å². The summed E-state index contributed by atoms with van der Waals surface area (Å²) in [6, 6.07) is 12.4. The number of hydrogen-bond donors (Lipinski definition) is 0. The lowest BCUT2D eigenvalue weighted by Gasteiger charge is -2.26. The largest absolute Gasteiger partial charge is 0.465 e. The van der Waals surface area contributed by atoms with E-state index in [1.807, 2.05) is 36.4 Å². The first-order valence-electron chi connectivity index (χ1n) is 6.65. The molecule has 0 fully saturated rings. The quantitative estimate of drug-likeness (QED) is 0.454. The van der Waals surface area contributed by atoms with Crippen LogP contribution < -0.4 is 0 Å². The first kappa shape index (κ1) is 16.5. The van der Waals surface area contributed by atoms with Crippen LogP contribution in [0.2, 0.25) is 0 Å². The number of hydrogen-bond acceptors (Lipinski definition) is 5. The topological polar surface area (TPSA) is 48.6 Å². The van der Waals surface area contributed by atoms with Gasteiger partial charge in [-0.15, -0.1) is 0 Å². The van der Waals surface area contributed by atoms with Gasteiger partial charge in [0.2, 0.25) is 0 Å². The van der Waals surface area contributed by atoms with Gasteiger partial charge in [0.25, 0.3) is 0 Å². The summed E-state index contributed by atoms with van der Waals surface area (Å²) in [5, 5.41) is 9.06. The molecule has 0 radical (unpaired) electrons. The zero-order chi connectivity index (χ0) is 15.0. The average Bonchev–Trinajstić information content (AvgIpc) is 2.42. The number of ether oxygens (including phenoxy) is 1. The van der Waals surface area contributed by atoms with E-state index in [1.54, 1.807) is 0 Å². The maximum Gasteiger partial charge on any atom is 0.303 e. The van der Waals surface area contributed by atoms with Crippen LogP contribution in [-0.2, 0) is 11.3 Å². The molecule has 20 heavy (non-hydrogen) atoms. The number of rotatable bonds is 6. The Hall–Kier alpha value is -1.51. The zero-order valence-corrected chi connectivity index (χ0v) is 13.2. The molecule has 0 atom stereocenters. The van der Waals surface area contributed by atoms with Crippen LogP contribution in [0.15, 0.2) is 34.7 Å². The Bertz CT molecular complexity index is 458. The summed E-state index contributed by atoms with van der Waals surface area (Å²) in [5.74, 6) is 0.102. The van der Waals surface area contributed by atoms with E-state index in [0.29, 0.717) is 18.7 Å². The molecule has 0 saturated heterocycles. The minimum Gasteiger partial charge on any atom is -0.465 e. The van der Waals surface area contributed by atoms with Gasteiger partial charge in [-0.2, -0.15) is 9.66 Å². The number of nitriles is 1. The van der Waals surface area contributed by atoms with E-state index in [9.17, 15) is 0 Å². The number of nitrogens with zero attached hydrogens (tertiary/aromatic N) is 3. The fourth-order valence-electron chi connectivity index (χ4n) is 1.67. The Morgan fingerprint density at radius 3 is 2.35 bits per heavy atom. The highest BCUT2D eigenvalue weighted by molar-refractivity contribution is 7.95. The Morgan fingerprint density at radius 1 is 1.25 bits per heavy atom. The summed E-state index contributed by atoms with van der Waals surface area (Å²) < 4.78 is 11.7. The third kappa shape index (κ3) is 5.64. The maximum atomic E-state index is 9.06. The van der Waals surface area contributed by atoms with Gasteiger partial charge in [-0.05, 0) is 33.3 Å². The van der Waals surface area contributed by atoms with Crippen LogP contribution in [0.1, 0.15) is 33.3 Å². The van der Waals surface area contributed by atoms with E-state index in [1.165, 1.54) is 12.1 Å². The highest BCUT2D eigenvalue weighted by atomic mass is 32.2. The summed E-state index contributed by atoms with van der Waals surface area (Å²) in [7, 11) is 0. The van der Waals surface area contributed by atoms with Gasteiger partial charge in [0.1, 0.15) is 6.61 Å². The lowest BCUT2D eigenvalue weighted by Crippen LogP contribution is -2.30. The van der Waals surface area contributed by atoms with Crippen LogP contribution in [-0.4, -0.2) is 22.3 Å². The first-order chi connectivity index (χ1) is 9.54. The van der Waals surface area contributed by atoms with Crippen LogP contribution in [0.5, 0.6) is 0 Å². The molecule has 0 aliphatic carbocycles. The second-order valence-corrected chi connectivity index (χ2v) is 5.68. The molecule has 0 N–H and O–H groups in total. The predicted octanol–water partition coefficient (Wildman–Crippen LogP) is 3.81. The molecule has 0 aromatic heterocycles. The van der Waals surface area contributed by atoms with Crippen molar-refractivity contribution in [1.29, 1.82) is 5.26 Å². The van der Waals surface area contributed by atoms with Crippen LogP contribution in [0.3, 0.4) is 0 Å². The summed E-state index contributed by atoms with van der Waals surface area (Å²) in [6.45, 7) is 8.74. The van der Waals surface area contributed by atoms with Crippen molar-refractivity contribution < 1.29 is 4.74 Å². The predicted molar refractivity (Wildman–Crippen MR) is 84.0 cm³/mol. The smallest absolute Gasteiger partial charge is 0.303 e. The third-order valence-corrected chi connectivity index (χ3v) is 3.83. The molecule has 0 aliphatic rings. The van der Waals surface area contributed by atoms with Gasteiger partial charge in [-0.25, -0.2) is 4.31 Å². The fraction of sp³-hybridized carbons (Fsp3) is 0.467. The van der Waals surface area contributed by atoms with Crippen molar-refractivity contribution in [3.63, 3.8) is 0 Å². The molecule has 0 bridgehead atoms. The molecule has 0 amide bonds. The van der Waals surface area contributed by atoms with Crippen molar-refractivity contribution in [2.24, 2.45) is 4.40 Å². The number of benzene rings is 1. The standard InChI is InChI=1S/C15H21N3OS/c1-12(2)18(13(3)4)20-17-15(10-16)19-11-14-8-6-5-7-9-14/h5-9,12-13H,11H2,1-4H3/b17-15+. The van der Waals surface area contributed by atoms with Crippen LogP contribution >= 0.6 is 12.1 Å². The average molecular weight is 291 g/mol. The van der Waals surface area contributed by atoms with E-state index >= 15 is 0 Å². The molecular formula is C15H21N3OS. The second kappa shape index (κ2) is 8.62. The molecule has 1 aromatic rings. The van der Waals surface area contributed by atoms with Gasteiger partial charge in [0.15, 0.2) is 6.07 Å². The van der Waals surface area contributed by atoms with Crippen molar-refractivity contribution in [3.05, 3.63) is 35.9 Å². The van der Waals surface area contributed by atoms with Gasteiger partial charge in [0.05, 0.1) is 12.1 Å². The third-order valence-electron chi connectivity index (χ3n) is 2.55. The molecule has 0 saturated carbocycles. The lowest BCUT2D eigenvalue weighted by atomic mass is 10.2. The normalized spacial score (nSPS) is 12.0. The lowest BCUT2D eigenvalue weighted by molar-refractivity contribution is 0.296. The molecule has 108 valence electrons. The second-order valence-electron chi connectivity index (χ2n) is 4.91. The fourth-order valence-corrected chi connectivity index (χ4v) is 2.31.